The fraction of sp³-hybridized carbons (Fsp3) is 0.500. The van der Waals surface area contributed by atoms with Crippen LogP contribution < -0.4 is 5.32 Å². The third-order valence-electron chi connectivity index (χ3n) is 2.74. The van der Waals surface area contributed by atoms with Crippen molar-refractivity contribution < 1.29 is 13.2 Å². The van der Waals surface area contributed by atoms with Crippen molar-refractivity contribution in [3.8, 4) is 0 Å². The van der Waals surface area contributed by atoms with Gasteiger partial charge in [0.05, 0.1) is 5.56 Å². The highest BCUT2D eigenvalue weighted by Gasteiger charge is 2.34. The maximum absolute atomic E-state index is 12.8. The molecule has 1 atom stereocenters. The fourth-order valence-electron chi connectivity index (χ4n) is 1.38. The zero-order chi connectivity index (χ0) is 13.1. The van der Waals surface area contributed by atoms with Crippen molar-refractivity contribution in [3.05, 3.63) is 29.8 Å². The minimum absolute atomic E-state index is 0.0741. The third-order valence-corrected chi connectivity index (χ3v) is 3.33. The summed E-state index contributed by atoms with van der Waals surface area (Å²) >= 11 is 5.78. The fourth-order valence-corrected chi connectivity index (χ4v) is 1.64. The molecule has 0 bridgehead atoms. The number of nitrogens with one attached hydrogen (secondary N) is 1. The molecule has 1 unspecified atom stereocenters. The minimum atomic E-state index is -4.36. The molecule has 0 radical (unpaired) electrons. The Labute approximate surface area is 104 Å². The summed E-state index contributed by atoms with van der Waals surface area (Å²) in [5, 5.41) is 2.88. The van der Waals surface area contributed by atoms with Crippen molar-refractivity contribution in [2.45, 2.75) is 32.0 Å². The van der Waals surface area contributed by atoms with Gasteiger partial charge < -0.3 is 5.32 Å². The molecular weight excluding hydrogens is 251 g/mol. The van der Waals surface area contributed by atoms with E-state index in [2.05, 4.69) is 5.32 Å². The van der Waals surface area contributed by atoms with E-state index in [1.54, 1.807) is 13.0 Å². The van der Waals surface area contributed by atoms with Gasteiger partial charge in [-0.2, -0.15) is 13.2 Å². The predicted octanol–water partition coefficient (Wildman–Crippen LogP) is 4.52. The van der Waals surface area contributed by atoms with E-state index < -0.39 is 17.3 Å². The number of anilines is 1. The Morgan fingerprint density at radius 1 is 1.24 bits per heavy atom. The number of hydrogen-bond acceptors (Lipinski definition) is 1. The topological polar surface area (TPSA) is 12.0 Å². The number of para-hydroxylation sites is 1. The minimum Gasteiger partial charge on any atom is -0.378 e. The van der Waals surface area contributed by atoms with E-state index in [9.17, 15) is 13.2 Å². The number of rotatable bonds is 4. The smallest absolute Gasteiger partial charge is 0.378 e. The molecule has 5 heteroatoms. The summed E-state index contributed by atoms with van der Waals surface area (Å²) in [6, 6.07) is 5.43. The lowest BCUT2D eigenvalue weighted by molar-refractivity contribution is -0.137. The number of benzene rings is 1. The van der Waals surface area contributed by atoms with E-state index in [0.29, 0.717) is 6.42 Å². The quantitative estimate of drug-likeness (QED) is 0.789. The highest BCUT2D eigenvalue weighted by molar-refractivity contribution is 6.18. The second-order valence-electron chi connectivity index (χ2n) is 4.22. The zero-order valence-electron chi connectivity index (χ0n) is 9.74. The largest absolute Gasteiger partial charge is 0.418 e. The molecule has 0 fully saturated rings. The van der Waals surface area contributed by atoms with Crippen LogP contribution in [0.15, 0.2) is 24.3 Å². The van der Waals surface area contributed by atoms with Crippen LogP contribution in [0.1, 0.15) is 25.8 Å². The first-order valence-corrected chi connectivity index (χ1v) is 5.86. The van der Waals surface area contributed by atoms with Gasteiger partial charge in [-0.05, 0) is 25.5 Å². The molecule has 0 saturated heterocycles. The van der Waals surface area contributed by atoms with Crippen LogP contribution in [-0.2, 0) is 6.18 Å². The molecule has 0 aromatic heterocycles. The molecule has 1 N–H and O–H groups in total. The van der Waals surface area contributed by atoms with E-state index in [1.165, 1.54) is 12.1 Å². The molecule has 0 spiro atoms. The normalized spacial score (nSPS) is 15.4. The summed E-state index contributed by atoms with van der Waals surface area (Å²) in [5.41, 5.74) is -1.13. The molecule has 1 aromatic carbocycles. The van der Waals surface area contributed by atoms with Crippen LogP contribution in [0.4, 0.5) is 18.9 Å². The average Bonchev–Trinajstić information content (AvgIpc) is 2.28. The van der Waals surface area contributed by atoms with Crippen molar-refractivity contribution in [3.63, 3.8) is 0 Å². The molecule has 0 aliphatic heterocycles. The van der Waals surface area contributed by atoms with Crippen molar-refractivity contribution in [2.75, 3.05) is 11.2 Å². The van der Waals surface area contributed by atoms with Crippen molar-refractivity contribution in [1.29, 1.82) is 0 Å². The van der Waals surface area contributed by atoms with Crippen LogP contribution in [0, 0.1) is 0 Å². The molecule has 17 heavy (non-hydrogen) atoms. The lowest BCUT2D eigenvalue weighted by Gasteiger charge is -2.30. The summed E-state index contributed by atoms with van der Waals surface area (Å²) in [6.45, 7) is 3.68. The Morgan fingerprint density at radius 3 is 2.29 bits per heavy atom. The van der Waals surface area contributed by atoms with E-state index in [0.717, 1.165) is 6.07 Å². The number of hydrogen-bond donors (Lipinski definition) is 1. The molecule has 0 aliphatic carbocycles. The maximum atomic E-state index is 12.8. The third kappa shape index (κ3) is 3.53. The molecule has 0 saturated carbocycles. The van der Waals surface area contributed by atoms with Gasteiger partial charge in [0, 0.05) is 17.1 Å². The summed E-state index contributed by atoms with van der Waals surface area (Å²) in [5.74, 6) is 0.246. The first-order chi connectivity index (χ1) is 7.82. The van der Waals surface area contributed by atoms with E-state index in [1.807, 2.05) is 6.92 Å². The van der Waals surface area contributed by atoms with Crippen LogP contribution in [0.2, 0.25) is 0 Å². The monoisotopic (exact) mass is 265 g/mol. The van der Waals surface area contributed by atoms with Crippen molar-refractivity contribution >= 4 is 17.3 Å². The van der Waals surface area contributed by atoms with Crippen molar-refractivity contribution in [2.24, 2.45) is 0 Å². The summed E-state index contributed by atoms with van der Waals surface area (Å²) in [7, 11) is 0. The molecule has 0 amide bonds. The second kappa shape index (κ2) is 5.17. The lowest BCUT2D eigenvalue weighted by Crippen LogP contribution is -2.36. The molecule has 0 aliphatic rings. The molecule has 1 rings (SSSR count). The Kier molecular flexibility index (Phi) is 4.31. The van der Waals surface area contributed by atoms with Gasteiger partial charge in [0.15, 0.2) is 0 Å². The second-order valence-corrected chi connectivity index (χ2v) is 4.48. The number of halogens is 4. The SMILES string of the molecule is CCC(C)(CCl)Nc1ccccc1C(F)(F)F. The van der Waals surface area contributed by atoms with Crippen LogP contribution >= 0.6 is 11.6 Å². The maximum Gasteiger partial charge on any atom is 0.418 e. The average molecular weight is 266 g/mol. The van der Waals surface area contributed by atoms with E-state index in [-0.39, 0.29) is 11.6 Å². The number of alkyl halides is 4. The van der Waals surface area contributed by atoms with Crippen LogP contribution in [-0.4, -0.2) is 11.4 Å². The van der Waals surface area contributed by atoms with Gasteiger partial charge in [-0.15, -0.1) is 11.6 Å². The molecular formula is C12H15ClF3N. The van der Waals surface area contributed by atoms with Gasteiger partial charge in [0.1, 0.15) is 0 Å². The van der Waals surface area contributed by atoms with Gasteiger partial charge in [-0.3, -0.25) is 0 Å². The van der Waals surface area contributed by atoms with Gasteiger partial charge >= 0.3 is 6.18 Å². The lowest BCUT2D eigenvalue weighted by atomic mass is 10.00. The Hall–Kier alpha value is -0.900. The summed E-state index contributed by atoms with van der Waals surface area (Å²) in [6.07, 6.45) is -3.72. The van der Waals surface area contributed by atoms with Crippen LogP contribution in [0.5, 0.6) is 0 Å². The first kappa shape index (κ1) is 14.2. The van der Waals surface area contributed by atoms with E-state index in [4.69, 9.17) is 11.6 Å². The van der Waals surface area contributed by atoms with Crippen LogP contribution in [0.3, 0.4) is 0 Å². The first-order valence-electron chi connectivity index (χ1n) is 5.33. The van der Waals surface area contributed by atoms with Gasteiger partial charge in [-0.25, -0.2) is 0 Å². The van der Waals surface area contributed by atoms with Gasteiger partial charge in [0.25, 0.3) is 0 Å². The Morgan fingerprint density at radius 2 is 1.82 bits per heavy atom. The Bertz CT molecular complexity index is 372. The molecule has 1 aromatic rings. The Balaban J connectivity index is 3.07. The van der Waals surface area contributed by atoms with E-state index >= 15 is 0 Å². The van der Waals surface area contributed by atoms with Gasteiger partial charge in [-0.1, -0.05) is 19.1 Å². The molecule has 1 nitrogen and oxygen atoms in total. The predicted molar refractivity (Wildman–Crippen MR) is 64.5 cm³/mol. The molecule has 96 valence electrons. The van der Waals surface area contributed by atoms with Gasteiger partial charge in [0.2, 0.25) is 0 Å². The standard InChI is InChI=1S/C12H15ClF3N/c1-3-11(2,8-13)17-10-7-5-4-6-9(10)12(14,15)16/h4-7,17H,3,8H2,1-2H3. The van der Waals surface area contributed by atoms with Crippen LogP contribution in [0.25, 0.3) is 0 Å². The van der Waals surface area contributed by atoms with Crippen molar-refractivity contribution in [1.82, 2.24) is 0 Å². The summed E-state index contributed by atoms with van der Waals surface area (Å²) in [4.78, 5) is 0. The highest BCUT2D eigenvalue weighted by atomic mass is 35.5. The molecule has 0 heterocycles. The zero-order valence-corrected chi connectivity index (χ0v) is 10.5. The summed E-state index contributed by atoms with van der Waals surface area (Å²) < 4.78 is 38.3. The highest BCUT2D eigenvalue weighted by Crippen LogP contribution is 2.36.